The maximum Gasteiger partial charge on any atom is 0.260 e. The summed E-state index contributed by atoms with van der Waals surface area (Å²) < 4.78 is 20.9. The van der Waals surface area contributed by atoms with Crippen molar-refractivity contribution in [1.29, 1.82) is 0 Å². The monoisotopic (exact) mass is 471 g/mol. The molecule has 172 valence electrons. The lowest BCUT2D eigenvalue weighted by Gasteiger charge is -2.34. The highest BCUT2D eigenvalue weighted by molar-refractivity contribution is 6.35. The van der Waals surface area contributed by atoms with Gasteiger partial charge in [0.25, 0.3) is 5.91 Å². The molecule has 3 aromatic rings. The van der Waals surface area contributed by atoms with Gasteiger partial charge in [-0.15, -0.1) is 0 Å². The summed E-state index contributed by atoms with van der Waals surface area (Å²) in [6.45, 7) is 5.94. The van der Waals surface area contributed by atoms with Gasteiger partial charge in [-0.25, -0.2) is 9.37 Å². The number of carbonyl (C=O) groups excluding carboxylic acids is 1. The van der Waals surface area contributed by atoms with Crippen LogP contribution in [-0.4, -0.2) is 63.4 Å². The number of aromatic nitrogens is 3. The number of aromatic amines is 1. The number of rotatable bonds is 3. The van der Waals surface area contributed by atoms with Gasteiger partial charge in [-0.3, -0.25) is 9.89 Å². The average Bonchev–Trinajstić information content (AvgIpc) is 3.23. The molecule has 1 fully saturated rings. The van der Waals surface area contributed by atoms with E-state index in [2.05, 4.69) is 20.5 Å². The molecule has 1 amide bonds. The van der Waals surface area contributed by atoms with E-state index >= 15 is 0 Å². The van der Waals surface area contributed by atoms with Gasteiger partial charge in [-0.1, -0.05) is 31.5 Å². The van der Waals surface area contributed by atoms with Gasteiger partial charge in [0.2, 0.25) is 0 Å². The summed E-state index contributed by atoms with van der Waals surface area (Å²) in [5.74, 6) is -1.09. The summed E-state index contributed by atoms with van der Waals surface area (Å²) in [4.78, 5) is 20.2. The molecule has 4 heterocycles. The molecule has 0 unspecified atom stereocenters. The van der Waals surface area contributed by atoms with Crippen molar-refractivity contribution in [3.63, 3.8) is 0 Å². The van der Waals surface area contributed by atoms with Crippen LogP contribution in [0.4, 0.5) is 4.39 Å². The van der Waals surface area contributed by atoms with Gasteiger partial charge in [-0.05, 0) is 18.1 Å². The molecule has 1 saturated heterocycles. The number of carbonyl (C=O) groups is 1. The number of benzene rings is 1. The molecule has 0 saturated carbocycles. The minimum Gasteiger partial charge on any atom is -0.507 e. The third-order valence-corrected chi connectivity index (χ3v) is 6.39. The van der Waals surface area contributed by atoms with Gasteiger partial charge in [0.15, 0.2) is 5.75 Å². The number of nitrogens with zero attached hydrogens (tertiary/aromatic N) is 3. The number of ether oxygens (including phenoxy) is 1. The molecule has 0 aliphatic carbocycles. The summed E-state index contributed by atoms with van der Waals surface area (Å²) in [6, 6.07) is 3.79. The lowest BCUT2D eigenvalue weighted by molar-refractivity contribution is 0.0607. The van der Waals surface area contributed by atoms with Crippen LogP contribution in [0.25, 0.3) is 22.5 Å². The zero-order valence-corrected chi connectivity index (χ0v) is 18.9. The van der Waals surface area contributed by atoms with Crippen LogP contribution in [-0.2, 0) is 0 Å². The van der Waals surface area contributed by atoms with E-state index < -0.39 is 5.82 Å². The number of phenols is 1. The smallest absolute Gasteiger partial charge is 0.260 e. The van der Waals surface area contributed by atoms with Crippen molar-refractivity contribution in [2.75, 3.05) is 26.2 Å². The number of amides is 1. The third-order valence-electron chi connectivity index (χ3n) is 6.04. The third kappa shape index (κ3) is 3.52. The fourth-order valence-electron chi connectivity index (χ4n) is 4.41. The number of hydrogen-bond acceptors (Lipinski definition) is 6. The summed E-state index contributed by atoms with van der Waals surface area (Å²) in [7, 11) is 0. The lowest BCUT2D eigenvalue weighted by Crippen LogP contribution is -2.54. The van der Waals surface area contributed by atoms with Gasteiger partial charge in [0.1, 0.15) is 34.5 Å². The highest BCUT2D eigenvalue weighted by atomic mass is 35.5. The van der Waals surface area contributed by atoms with Crippen LogP contribution in [0.3, 0.4) is 0 Å². The number of hydrogen-bond donors (Lipinski definition) is 3. The minimum absolute atomic E-state index is 0.00252. The van der Waals surface area contributed by atoms with E-state index in [1.807, 2.05) is 13.8 Å². The van der Waals surface area contributed by atoms with Gasteiger partial charge in [0, 0.05) is 31.4 Å². The van der Waals surface area contributed by atoms with E-state index in [4.69, 9.17) is 16.3 Å². The molecule has 0 radical (unpaired) electrons. The van der Waals surface area contributed by atoms with Crippen LogP contribution in [0, 0.1) is 5.82 Å². The Hall–Kier alpha value is -3.17. The summed E-state index contributed by atoms with van der Waals surface area (Å²) >= 11 is 6.70. The van der Waals surface area contributed by atoms with Crippen LogP contribution in [0.1, 0.15) is 35.8 Å². The molecular weight excluding hydrogens is 449 g/mol. The summed E-state index contributed by atoms with van der Waals surface area (Å²) in [6.07, 6.45) is 1.66. The Labute approximate surface area is 194 Å². The molecule has 0 spiro atoms. The first-order chi connectivity index (χ1) is 15.9. The fraction of sp³-hybridized carbons (Fsp3) is 0.348. The number of piperazine rings is 1. The molecule has 10 heteroatoms. The van der Waals surface area contributed by atoms with Crippen molar-refractivity contribution in [3.8, 4) is 34.0 Å². The lowest BCUT2D eigenvalue weighted by atomic mass is 9.97. The first-order valence-corrected chi connectivity index (χ1v) is 11.2. The minimum atomic E-state index is -0.687. The summed E-state index contributed by atoms with van der Waals surface area (Å²) in [5, 5.41) is 20.9. The molecule has 8 nitrogen and oxygen atoms in total. The summed E-state index contributed by atoms with van der Waals surface area (Å²) in [5.41, 5.74) is 1.65. The van der Waals surface area contributed by atoms with Crippen molar-refractivity contribution in [2.45, 2.75) is 25.8 Å². The molecule has 1 atom stereocenters. The largest absolute Gasteiger partial charge is 0.507 e. The zero-order chi connectivity index (χ0) is 23.3. The normalized spacial score (nSPS) is 18.0. The Morgan fingerprint density at radius 1 is 1.30 bits per heavy atom. The van der Waals surface area contributed by atoms with Gasteiger partial charge in [-0.2, -0.15) is 5.10 Å². The van der Waals surface area contributed by atoms with E-state index in [-0.39, 0.29) is 63.5 Å². The first kappa shape index (κ1) is 21.7. The van der Waals surface area contributed by atoms with Crippen molar-refractivity contribution in [3.05, 3.63) is 46.5 Å². The van der Waals surface area contributed by atoms with Gasteiger partial charge < -0.3 is 20.1 Å². The van der Waals surface area contributed by atoms with Gasteiger partial charge in [0.05, 0.1) is 23.0 Å². The number of H-pyrrole nitrogens is 1. The van der Waals surface area contributed by atoms with Crippen molar-refractivity contribution >= 4 is 17.5 Å². The molecule has 3 N–H and O–H groups in total. The van der Waals surface area contributed by atoms with Crippen LogP contribution in [0.2, 0.25) is 5.02 Å². The quantitative estimate of drug-likeness (QED) is 0.539. The predicted molar refractivity (Wildman–Crippen MR) is 121 cm³/mol. The Morgan fingerprint density at radius 2 is 2.12 bits per heavy atom. The fourth-order valence-corrected chi connectivity index (χ4v) is 4.70. The number of fused-ring (bicyclic) bond motifs is 2. The topological polar surface area (TPSA) is 103 Å². The van der Waals surface area contributed by atoms with Crippen molar-refractivity contribution < 1.29 is 19.0 Å². The molecule has 33 heavy (non-hydrogen) atoms. The van der Waals surface area contributed by atoms with Crippen LogP contribution >= 0.6 is 11.6 Å². The highest BCUT2D eigenvalue weighted by Crippen LogP contribution is 2.46. The van der Waals surface area contributed by atoms with E-state index in [1.54, 1.807) is 11.1 Å². The molecule has 5 rings (SSSR count). The number of phenolic OH excluding ortho intramolecular Hbond substituents is 1. The molecule has 2 aromatic heterocycles. The van der Waals surface area contributed by atoms with Gasteiger partial charge >= 0.3 is 0 Å². The van der Waals surface area contributed by atoms with E-state index in [0.717, 1.165) is 0 Å². The molecule has 2 aliphatic heterocycles. The van der Waals surface area contributed by atoms with E-state index in [1.165, 1.54) is 18.2 Å². The number of aromatic hydroxyl groups is 1. The maximum atomic E-state index is 14.8. The zero-order valence-electron chi connectivity index (χ0n) is 18.2. The van der Waals surface area contributed by atoms with Crippen molar-refractivity contribution in [1.82, 2.24) is 25.4 Å². The van der Waals surface area contributed by atoms with Crippen molar-refractivity contribution in [2.24, 2.45) is 0 Å². The SMILES string of the molecule is CC(C)c1n[nH]cc1-c1nc(-c2c(O)cccc2F)c(Cl)c2c1C(=O)N1CCNC[C@@H]1CO2. The molecular formula is C23H23ClFN5O3. The molecule has 0 bridgehead atoms. The highest BCUT2D eigenvalue weighted by Gasteiger charge is 2.38. The Balaban J connectivity index is 1.82. The number of nitrogens with one attached hydrogen (secondary N) is 2. The number of pyridine rings is 1. The second-order valence-electron chi connectivity index (χ2n) is 8.47. The van der Waals surface area contributed by atoms with E-state index in [9.17, 15) is 14.3 Å². The second kappa shape index (κ2) is 8.31. The Morgan fingerprint density at radius 3 is 2.88 bits per heavy atom. The van der Waals surface area contributed by atoms with Crippen LogP contribution in [0.15, 0.2) is 24.4 Å². The first-order valence-electron chi connectivity index (χ1n) is 10.8. The standard InChI is InChI=1S/C23H23ClFN5O3/c1-11(2)19-13(9-27-29-19)20-17-22(33-10-12-8-26-6-7-30(12)23(17)32)18(24)21(28-20)16-14(25)4-3-5-15(16)31/h3-5,9,11-12,26,31H,6-8,10H2,1-2H3,(H,27,29)/t12-/m1/s1. The van der Waals surface area contributed by atoms with E-state index in [0.29, 0.717) is 30.9 Å². The van der Waals surface area contributed by atoms with Crippen LogP contribution < -0.4 is 10.1 Å². The Bertz CT molecular complexity index is 1220. The maximum absolute atomic E-state index is 14.8. The molecule has 1 aromatic carbocycles. The average molecular weight is 472 g/mol. The number of halogens is 2. The molecule has 2 aliphatic rings. The predicted octanol–water partition coefficient (Wildman–Crippen LogP) is 3.57. The van der Waals surface area contributed by atoms with Crippen LogP contribution in [0.5, 0.6) is 11.5 Å². The second-order valence-corrected chi connectivity index (χ2v) is 8.85. The Kier molecular flexibility index (Phi) is 5.46.